The third kappa shape index (κ3) is 4.89. The van der Waals surface area contributed by atoms with Gasteiger partial charge >= 0.3 is 0 Å². The Morgan fingerprint density at radius 3 is 2.07 bits per heavy atom. The molecule has 140 valence electrons. The largest absolute Gasteiger partial charge is 0.299 e. The third-order valence-electron chi connectivity index (χ3n) is 5.65. The average molecular weight is 380 g/mol. The van der Waals surface area contributed by atoms with Crippen LogP contribution >= 0.6 is 12.4 Å². The van der Waals surface area contributed by atoms with Crippen molar-refractivity contribution in [2.75, 3.05) is 13.1 Å². The van der Waals surface area contributed by atoms with Crippen LogP contribution in [0.3, 0.4) is 0 Å². The number of hydrogen-bond donors (Lipinski definition) is 0. The fraction of sp³-hybridized carbons (Fsp3) is 0.391. The monoisotopic (exact) mass is 379 g/mol. The smallest absolute Gasteiger partial charge is 0.0861 e. The van der Waals surface area contributed by atoms with Crippen LogP contribution in [0, 0.1) is 28.6 Å². The molecule has 0 amide bonds. The second-order valence-corrected chi connectivity index (χ2v) is 7.14. The van der Waals surface area contributed by atoms with Crippen molar-refractivity contribution < 1.29 is 0 Å². The van der Waals surface area contributed by atoms with Gasteiger partial charge in [-0.25, -0.2) is 0 Å². The van der Waals surface area contributed by atoms with E-state index in [1.54, 1.807) is 0 Å². The van der Waals surface area contributed by atoms with Gasteiger partial charge in [0.2, 0.25) is 0 Å². The van der Waals surface area contributed by atoms with Crippen LogP contribution in [-0.2, 0) is 12.0 Å². The van der Waals surface area contributed by atoms with E-state index in [0.717, 1.165) is 38.0 Å². The van der Waals surface area contributed by atoms with Gasteiger partial charge in [-0.3, -0.25) is 4.90 Å². The molecule has 2 aromatic carbocycles. The molecule has 0 aliphatic carbocycles. The first kappa shape index (κ1) is 21.0. The van der Waals surface area contributed by atoms with Crippen LogP contribution in [0.1, 0.15) is 36.8 Å². The quantitative estimate of drug-likeness (QED) is 0.702. The summed E-state index contributed by atoms with van der Waals surface area (Å²) in [7, 11) is 0. The van der Waals surface area contributed by atoms with Gasteiger partial charge in [0.15, 0.2) is 0 Å². The summed E-state index contributed by atoms with van der Waals surface area (Å²) < 4.78 is 0. The number of nitrogens with zero attached hydrogens (tertiary/aromatic N) is 3. The normalized spacial score (nSPS) is 17.1. The van der Waals surface area contributed by atoms with Gasteiger partial charge < -0.3 is 0 Å². The first-order valence-corrected chi connectivity index (χ1v) is 9.38. The lowest BCUT2D eigenvalue weighted by Gasteiger charge is -2.41. The molecule has 0 aromatic heterocycles. The minimum atomic E-state index is -0.546. The predicted molar refractivity (Wildman–Crippen MR) is 110 cm³/mol. The molecule has 1 aliphatic rings. The van der Waals surface area contributed by atoms with Gasteiger partial charge in [-0.1, -0.05) is 60.7 Å². The molecule has 0 saturated carbocycles. The van der Waals surface area contributed by atoms with Gasteiger partial charge in [-0.05, 0) is 49.4 Å². The van der Waals surface area contributed by atoms with E-state index in [4.69, 9.17) is 5.26 Å². The van der Waals surface area contributed by atoms with Gasteiger partial charge in [0.05, 0.1) is 17.6 Å². The molecule has 2 aromatic rings. The Labute approximate surface area is 168 Å². The molecular formula is C23H26ClN3. The summed E-state index contributed by atoms with van der Waals surface area (Å²) in [4.78, 5) is 2.48. The van der Waals surface area contributed by atoms with E-state index in [1.807, 2.05) is 24.3 Å². The van der Waals surface area contributed by atoms with Crippen molar-refractivity contribution in [2.45, 2.75) is 37.6 Å². The molecular weight excluding hydrogens is 354 g/mol. The Kier molecular flexibility index (Phi) is 7.86. The van der Waals surface area contributed by atoms with E-state index < -0.39 is 5.41 Å². The molecule has 1 fully saturated rings. The van der Waals surface area contributed by atoms with Crippen molar-refractivity contribution in [2.24, 2.45) is 5.92 Å². The van der Waals surface area contributed by atoms with E-state index in [9.17, 15) is 5.26 Å². The number of halogens is 1. The van der Waals surface area contributed by atoms with Crippen molar-refractivity contribution in [1.82, 2.24) is 4.90 Å². The topological polar surface area (TPSA) is 50.8 Å². The number of nitriles is 2. The van der Waals surface area contributed by atoms with Gasteiger partial charge in [0, 0.05) is 13.0 Å². The first-order valence-electron chi connectivity index (χ1n) is 9.38. The standard InChI is InChI=1S/C23H25N3.ClH/c24-15-7-14-23(19-25,21-10-5-2-6-11-21)22-12-16-26(17-13-22)18-20-8-3-1-4-9-20;/h1-6,8-11,22H,7,12-14,16-18H2;1H. The molecule has 0 spiro atoms. The van der Waals surface area contributed by atoms with E-state index in [1.165, 1.54) is 5.56 Å². The second kappa shape index (κ2) is 10.1. The highest BCUT2D eigenvalue weighted by atomic mass is 35.5. The maximum absolute atomic E-state index is 10.1. The summed E-state index contributed by atoms with van der Waals surface area (Å²) >= 11 is 0. The lowest BCUT2D eigenvalue weighted by molar-refractivity contribution is 0.138. The Hall–Kier alpha value is -2.33. The predicted octanol–water partition coefficient (Wildman–Crippen LogP) is 5.09. The number of rotatable bonds is 6. The number of likely N-dealkylation sites (tertiary alicyclic amines) is 1. The van der Waals surface area contributed by atoms with Gasteiger partial charge in [0.25, 0.3) is 0 Å². The molecule has 0 N–H and O–H groups in total. The minimum Gasteiger partial charge on any atom is -0.299 e. The lowest BCUT2D eigenvalue weighted by atomic mass is 9.65. The molecule has 0 bridgehead atoms. The van der Waals surface area contributed by atoms with Crippen LogP contribution in [-0.4, -0.2) is 18.0 Å². The molecule has 3 nitrogen and oxygen atoms in total. The number of piperidine rings is 1. The number of benzene rings is 2. The zero-order valence-corrected chi connectivity index (χ0v) is 16.4. The molecule has 27 heavy (non-hydrogen) atoms. The Morgan fingerprint density at radius 2 is 1.52 bits per heavy atom. The molecule has 1 saturated heterocycles. The minimum absolute atomic E-state index is 0. The maximum atomic E-state index is 10.1. The molecule has 4 heteroatoms. The SMILES string of the molecule is Cl.N#CCCC(C#N)(c1ccccc1)C1CCN(Cc2ccccc2)CC1. The van der Waals surface area contributed by atoms with Crippen LogP contribution in [0.5, 0.6) is 0 Å². The summed E-state index contributed by atoms with van der Waals surface area (Å²) in [5, 5.41) is 19.2. The van der Waals surface area contributed by atoms with Crippen LogP contribution in [0.25, 0.3) is 0 Å². The summed E-state index contributed by atoms with van der Waals surface area (Å²) in [6.45, 7) is 2.97. The molecule has 1 heterocycles. The van der Waals surface area contributed by atoms with Crippen LogP contribution in [0.2, 0.25) is 0 Å². The zero-order chi connectivity index (χ0) is 18.2. The van der Waals surface area contributed by atoms with Crippen molar-refractivity contribution >= 4 is 12.4 Å². The van der Waals surface area contributed by atoms with E-state index in [2.05, 4.69) is 53.4 Å². The fourth-order valence-corrected chi connectivity index (χ4v) is 4.21. The van der Waals surface area contributed by atoms with Crippen LogP contribution in [0.4, 0.5) is 0 Å². The highest BCUT2D eigenvalue weighted by Crippen LogP contribution is 2.42. The Bertz CT molecular complexity index is 771. The number of hydrogen-bond acceptors (Lipinski definition) is 3. The summed E-state index contributed by atoms with van der Waals surface area (Å²) in [6.07, 6.45) is 3.04. The molecule has 1 unspecified atom stereocenters. The average Bonchev–Trinajstić information content (AvgIpc) is 2.71. The van der Waals surface area contributed by atoms with Crippen LogP contribution in [0.15, 0.2) is 60.7 Å². The molecule has 0 radical (unpaired) electrons. The summed E-state index contributed by atoms with van der Waals surface area (Å²) in [6, 6.07) is 25.5. The summed E-state index contributed by atoms with van der Waals surface area (Å²) in [5.74, 6) is 0.301. The fourth-order valence-electron chi connectivity index (χ4n) is 4.21. The summed E-state index contributed by atoms with van der Waals surface area (Å²) in [5.41, 5.74) is 1.86. The molecule has 1 atom stereocenters. The van der Waals surface area contributed by atoms with Gasteiger partial charge in [-0.15, -0.1) is 12.4 Å². The van der Waals surface area contributed by atoms with E-state index in [0.29, 0.717) is 18.8 Å². The highest BCUT2D eigenvalue weighted by molar-refractivity contribution is 5.85. The van der Waals surface area contributed by atoms with Crippen molar-refractivity contribution in [3.05, 3.63) is 71.8 Å². The first-order chi connectivity index (χ1) is 12.8. The molecule has 3 rings (SSSR count). The van der Waals surface area contributed by atoms with E-state index in [-0.39, 0.29) is 12.4 Å². The third-order valence-corrected chi connectivity index (χ3v) is 5.65. The Balaban J connectivity index is 0.00000261. The molecule has 1 aliphatic heterocycles. The van der Waals surface area contributed by atoms with Gasteiger partial charge in [-0.2, -0.15) is 10.5 Å². The maximum Gasteiger partial charge on any atom is 0.0861 e. The second-order valence-electron chi connectivity index (χ2n) is 7.14. The van der Waals surface area contributed by atoms with Crippen LogP contribution < -0.4 is 0 Å². The van der Waals surface area contributed by atoms with E-state index >= 15 is 0 Å². The van der Waals surface area contributed by atoms with Crippen molar-refractivity contribution in [1.29, 1.82) is 10.5 Å². The zero-order valence-electron chi connectivity index (χ0n) is 15.6. The van der Waals surface area contributed by atoms with Gasteiger partial charge in [0.1, 0.15) is 0 Å². The lowest BCUT2D eigenvalue weighted by Crippen LogP contribution is -2.42. The Morgan fingerprint density at radius 1 is 0.926 bits per heavy atom. The van der Waals surface area contributed by atoms with Crippen molar-refractivity contribution in [3.8, 4) is 12.1 Å². The highest BCUT2D eigenvalue weighted by Gasteiger charge is 2.41. The van der Waals surface area contributed by atoms with Crippen molar-refractivity contribution in [3.63, 3.8) is 0 Å².